The maximum atomic E-state index is 10.4. The highest BCUT2D eigenvalue weighted by Crippen LogP contribution is 2.30. The summed E-state index contributed by atoms with van der Waals surface area (Å²) >= 11 is 0. The van der Waals surface area contributed by atoms with E-state index in [2.05, 4.69) is 6.92 Å². The molecule has 2 atom stereocenters. The first-order valence-electron chi connectivity index (χ1n) is 3.27. The van der Waals surface area contributed by atoms with E-state index in [-0.39, 0.29) is 11.8 Å². The number of carbonyl (C=O) groups is 1. The molecule has 51 valence electrons. The Morgan fingerprint density at radius 1 is 1.56 bits per heavy atom. The summed E-state index contributed by atoms with van der Waals surface area (Å²) in [7, 11) is 0. The molecular weight excluding hydrogens is 116 g/mol. The molecule has 2 nitrogen and oxygen atoms in total. The Kier molecular flexibility index (Phi) is 1.74. The first-order chi connectivity index (χ1) is 4.22. The molecule has 1 aliphatic carbocycles. The molecule has 1 aliphatic rings. The second-order valence-electron chi connectivity index (χ2n) is 2.64. The fourth-order valence-electron chi connectivity index (χ4n) is 1.36. The molecule has 0 heterocycles. The Bertz CT molecular complexity index is 120. The molecule has 1 fully saturated rings. The van der Waals surface area contributed by atoms with Gasteiger partial charge < -0.3 is 5.11 Å². The van der Waals surface area contributed by atoms with Gasteiger partial charge in [-0.15, -0.1) is 0 Å². The molecule has 9 heavy (non-hydrogen) atoms. The summed E-state index contributed by atoms with van der Waals surface area (Å²) in [6, 6.07) is 0. The van der Waals surface area contributed by atoms with Crippen LogP contribution in [0.15, 0.2) is 0 Å². The summed E-state index contributed by atoms with van der Waals surface area (Å²) in [5.41, 5.74) is 0. The molecular formula is C7H11O2. The molecule has 0 aliphatic heterocycles. The van der Waals surface area contributed by atoms with Gasteiger partial charge in [-0.3, -0.25) is 4.79 Å². The van der Waals surface area contributed by atoms with Gasteiger partial charge in [0, 0.05) is 0 Å². The normalized spacial score (nSPS) is 34.8. The van der Waals surface area contributed by atoms with Crippen molar-refractivity contribution in [2.75, 3.05) is 0 Å². The van der Waals surface area contributed by atoms with E-state index >= 15 is 0 Å². The van der Waals surface area contributed by atoms with Gasteiger partial charge in [0.2, 0.25) is 0 Å². The van der Waals surface area contributed by atoms with E-state index in [0.717, 1.165) is 19.3 Å². The fourth-order valence-corrected chi connectivity index (χ4v) is 1.36. The second-order valence-corrected chi connectivity index (χ2v) is 2.64. The van der Waals surface area contributed by atoms with Gasteiger partial charge in [0.25, 0.3) is 0 Å². The van der Waals surface area contributed by atoms with E-state index in [1.54, 1.807) is 0 Å². The third kappa shape index (κ3) is 1.23. The predicted octanol–water partition coefficient (Wildman–Crippen LogP) is 1.32. The Balaban J connectivity index is 2.49. The van der Waals surface area contributed by atoms with E-state index in [4.69, 9.17) is 5.11 Å². The van der Waals surface area contributed by atoms with Crippen molar-refractivity contribution in [3.63, 3.8) is 0 Å². The number of aliphatic carboxylic acids is 1. The van der Waals surface area contributed by atoms with Gasteiger partial charge in [0.1, 0.15) is 0 Å². The first kappa shape index (κ1) is 6.59. The highest BCUT2D eigenvalue weighted by Gasteiger charge is 2.28. The summed E-state index contributed by atoms with van der Waals surface area (Å²) < 4.78 is 0. The van der Waals surface area contributed by atoms with Crippen LogP contribution in [0.1, 0.15) is 19.3 Å². The lowest BCUT2D eigenvalue weighted by molar-refractivity contribution is -0.142. The third-order valence-corrected chi connectivity index (χ3v) is 1.98. The SMILES string of the molecule is [CH2]C1CCCC1C(=O)O. The maximum absolute atomic E-state index is 10.4. The standard InChI is InChI=1S/C7H11O2/c1-5-3-2-4-6(5)7(8)9/h5-6H,1-4H2,(H,8,9). The van der Waals surface area contributed by atoms with Gasteiger partial charge in [0.05, 0.1) is 5.92 Å². The van der Waals surface area contributed by atoms with Crippen LogP contribution in [0.3, 0.4) is 0 Å². The van der Waals surface area contributed by atoms with Gasteiger partial charge in [0.15, 0.2) is 0 Å². The first-order valence-corrected chi connectivity index (χ1v) is 3.27. The lowest BCUT2D eigenvalue weighted by Crippen LogP contribution is -2.15. The maximum Gasteiger partial charge on any atom is 0.306 e. The molecule has 1 N–H and O–H groups in total. The lowest BCUT2D eigenvalue weighted by Gasteiger charge is -2.07. The summed E-state index contributed by atoms with van der Waals surface area (Å²) in [5, 5.41) is 8.54. The number of carboxylic acids is 1. The van der Waals surface area contributed by atoms with Gasteiger partial charge in [-0.1, -0.05) is 6.42 Å². The minimum atomic E-state index is -0.674. The third-order valence-electron chi connectivity index (χ3n) is 1.98. The van der Waals surface area contributed by atoms with Crippen LogP contribution >= 0.6 is 0 Å². The Labute approximate surface area is 54.9 Å². The molecule has 0 amide bonds. The van der Waals surface area contributed by atoms with Crippen LogP contribution in [0.2, 0.25) is 0 Å². The minimum absolute atomic E-state index is 0.155. The summed E-state index contributed by atoms with van der Waals surface area (Å²) in [4.78, 5) is 10.4. The zero-order chi connectivity index (χ0) is 6.85. The molecule has 1 saturated carbocycles. The van der Waals surface area contributed by atoms with Crippen molar-refractivity contribution in [2.45, 2.75) is 19.3 Å². The highest BCUT2D eigenvalue weighted by molar-refractivity contribution is 5.70. The zero-order valence-electron chi connectivity index (χ0n) is 5.34. The summed E-state index contributed by atoms with van der Waals surface area (Å²) in [5.74, 6) is -0.681. The monoisotopic (exact) mass is 127 g/mol. The van der Waals surface area contributed by atoms with E-state index in [1.165, 1.54) is 0 Å². The Morgan fingerprint density at radius 2 is 2.22 bits per heavy atom. The molecule has 0 spiro atoms. The summed E-state index contributed by atoms with van der Waals surface area (Å²) in [6.07, 6.45) is 2.84. The van der Waals surface area contributed by atoms with Crippen LogP contribution in [0.4, 0.5) is 0 Å². The molecule has 0 aromatic carbocycles. The quantitative estimate of drug-likeness (QED) is 0.576. The molecule has 0 bridgehead atoms. The molecule has 1 rings (SSSR count). The van der Waals surface area contributed by atoms with E-state index in [0.29, 0.717) is 0 Å². The van der Waals surface area contributed by atoms with Gasteiger partial charge in [-0.25, -0.2) is 0 Å². The van der Waals surface area contributed by atoms with E-state index in [9.17, 15) is 4.79 Å². The second kappa shape index (κ2) is 2.38. The highest BCUT2D eigenvalue weighted by atomic mass is 16.4. The molecule has 2 unspecified atom stereocenters. The largest absolute Gasteiger partial charge is 0.481 e. The molecule has 1 radical (unpaired) electrons. The minimum Gasteiger partial charge on any atom is -0.481 e. The van der Waals surface area contributed by atoms with Crippen molar-refractivity contribution >= 4 is 5.97 Å². The topological polar surface area (TPSA) is 37.3 Å². The van der Waals surface area contributed by atoms with Gasteiger partial charge >= 0.3 is 5.97 Å². The molecule has 0 aromatic rings. The van der Waals surface area contributed by atoms with Crippen LogP contribution in [-0.4, -0.2) is 11.1 Å². The number of rotatable bonds is 1. The van der Waals surface area contributed by atoms with E-state index < -0.39 is 5.97 Å². The fraction of sp³-hybridized carbons (Fsp3) is 0.714. The predicted molar refractivity (Wildman–Crippen MR) is 33.8 cm³/mol. The Morgan fingerprint density at radius 3 is 2.44 bits per heavy atom. The van der Waals surface area contributed by atoms with Crippen LogP contribution in [0, 0.1) is 18.8 Å². The van der Waals surface area contributed by atoms with Gasteiger partial charge in [-0.2, -0.15) is 0 Å². The van der Waals surface area contributed by atoms with Crippen molar-refractivity contribution in [1.29, 1.82) is 0 Å². The molecule has 0 aromatic heterocycles. The van der Waals surface area contributed by atoms with Crippen LogP contribution in [0.25, 0.3) is 0 Å². The Hall–Kier alpha value is -0.530. The van der Waals surface area contributed by atoms with Crippen molar-refractivity contribution in [3.8, 4) is 0 Å². The van der Waals surface area contributed by atoms with Gasteiger partial charge in [-0.05, 0) is 25.7 Å². The van der Waals surface area contributed by atoms with Crippen molar-refractivity contribution < 1.29 is 9.90 Å². The van der Waals surface area contributed by atoms with Crippen molar-refractivity contribution in [3.05, 3.63) is 6.92 Å². The van der Waals surface area contributed by atoms with E-state index in [1.807, 2.05) is 0 Å². The van der Waals surface area contributed by atoms with Crippen LogP contribution < -0.4 is 0 Å². The number of hydrogen-bond donors (Lipinski definition) is 1. The smallest absolute Gasteiger partial charge is 0.306 e. The average Bonchev–Trinajstić information content (AvgIpc) is 2.13. The van der Waals surface area contributed by atoms with Crippen LogP contribution in [-0.2, 0) is 4.79 Å². The van der Waals surface area contributed by atoms with Crippen molar-refractivity contribution in [1.82, 2.24) is 0 Å². The average molecular weight is 127 g/mol. The number of carboxylic acid groups (broad SMARTS) is 1. The summed E-state index contributed by atoms with van der Waals surface area (Å²) in [6.45, 7) is 3.76. The molecule has 0 saturated heterocycles. The number of hydrogen-bond acceptors (Lipinski definition) is 1. The lowest BCUT2D eigenvalue weighted by atomic mass is 9.99. The molecule has 2 heteroatoms. The van der Waals surface area contributed by atoms with Crippen LogP contribution in [0.5, 0.6) is 0 Å². The van der Waals surface area contributed by atoms with Crippen molar-refractivity contribution in [2.24, 2.45) is 11.8 Å². The zero-order valence-corrected chi connectivity index (χ0v) is 5.34.